The summed E-state index contributed by atoms with van der Waals surface area (Å²) in [5.74, 6) is -0.577. The molecule has 0 aliphatic carbocycles. The summed E-state index contributed by atoms with van der Waals surface area (Å²) in [5.41, 5.74) is 5.68. The number of amides is 1. The van der Waals surface area contributed by atoms with Crippen molar-refractivity contribution >= 4 is 39.0 Å². The van der Waals surface area contributed by atoms with Crippen LogP contribution in [-0.4, -0.2) is 21.8 Å². The number of aromatic hydroxyl groups is 1. The molecule has 6 heteroatoms. The number of hydrazone groups is 1. The Balaban J connectivity index is 1.89. The highest BCUT2D eigenvalue weighted by Crippen LogP contribution is 2.25. The topological polar surface area (TPSA) is 66.6 Å². The molecule has 0 fully saturated rings. The Hall–Kier alpha value is -2.86. The van der Waals surface area contributed by atoms with Gasteiger partial charge in [-0.2, -0.15) is 5.10 Å². The molecule has 0 spiro atoms. The van der Waals surface area contributed by atoms with Crippen molar-refractivity contribution in [3.63, 3.8) is 0 Å². The lowest BCUT2D eigenvalue weighted by atomic mass is 10.1. The van der Waals surface area contributed by atoms with Crippen LogP contribution >= 0.6 is 15.9 Å². The fourth-order valence-corrected chi connectivity index (χ4v) is 3.25. The number of hydrogen-bond acceptors (Lipinski definition) is 3. The zero-order chi connectivity index (χ0) is 18.7. The Morgan fingerprint density at radius 2 is 2.12 bits per heavy atom. The van der Waals surface area contributed by atoms with Crippen molar-refractivity contribution < 1.29 is 9.90 Å². The van der Waals surface area contributed by atoms with Crippen LogP contribution in [0.25, 0.3) is 10.9 Å². The number of fused-ring (bicyclic) bond motifs is 1. The summed E-state index contributed by atoms with van der Waals surface area (Å²) in [6.45, 7) is 6.51. The van der Waals surface area contributed by atoms with E-state index in [4.69, 9.17) is 0 Å². The van der Waals surface area contributed by atoms with Gasteiger partial charge in [-0.05, 0) is 31.2 Å². The number of aromatic nitrogens is 1. The molecule has 5 nitrogen and oxygen atoms in total. The molecule has 0 saturated heterocycles. The molecule has 3 rings (SSSR count). The maximum atomic E-state index is 12.2. The predicted octanol–water partition coefficient (Wildman–Crippen LogP) is 4.37. The smallest absolute Gasteiger partial charge is 0.275 e. The molecule has 2 N–H and O–H groups in total. The highest BCUT2D eigenvalue weighted by molar-refractivity contribution is 9.10. The van der Waals surface area contributed by atoms with Crippen molar-refractivity contribution in [3.05, 3.63) is 76.4 Å². The van der Waals surface area contributed by atoms with Gasteiger partial charge >= 0.3 is 0 Å². The average Bonchev–Trinajstić information content (AvgIpc) is 2.90. The third-order valence-corrected chi connectivity index (χ3v) is 4.65. The summed E-state index contributed by atoms with van der Waals surface area (Å²) in [6.07, 6.45) is 3.47. The van der Waals surface area contributed by atoms with Crippen LogP contribution in [0.15, 0.2) is 64.7 Å². The standard InChI is InChI=1S/C20H18BrN3O2/c1-3-10-24-13(2)17(15-6-4-5-7-18(15)24)12-22-23-20(26)16-11-14(21)8-9-19(16)25/h3-9,11-12,25H,1,10H2,2H3,(H,23,26)/b22-12-. The van der Waals surface area contributed by atoms with Crippen LogP contribution in [0, 0.1) is 6.92 Å². The van der Waals surface area contributed by atoms with Gasteiger partial charge in [-0.1, -0.05) is 40.2 Å². The third kappa shape index (κ3) is 3.41. The minimum atomic E-state index is -0.479. The van der Waals surface area contributed by atoms with Crippen molar-refractivity contribution in [2.75, 3.05) is 0 Å². The summed E-state index contributed by atoms with van der Waals surface area (Å²) in [5, 5.41) is 15.0. The van der Waals surface area contributed by atoms with E-state index < -0.39 is 5.91 Å². The van der Waals surface area contributed by atoms with E-state index in [2.05, 4.69) is 37.6 Å². The maximum Gasteiger partial charge on any atom is 0.275 e. The first-order valence-corrected chi connectivity index (χ1v) is 8.83. The summed E-state index contributed by atoms with van der Waals surface area (Å²) in [4.78, 5) is 12.2. The molecular weight excluding hydrogens is 394 g/mol. The van der Waals surface area contributed by atoms with Crippen LogP contribution in [0.1, 0.15) is 21.6 Å². The minimum Gasteiger partial charge on any atom is -0.507 e. The van der Waals surface area contributed by atoms with E-state index in [1.54, 1.807) is 18.3 Å². The fraction of sp³-hybridized carbons (Fsp3) is 0.100. The molecule has 1 heterocycles. The van der Waals surface area contributed by atoms with E-state index in [9.17, 15) is 9.90 Å². The fourth-order valence-electron chi connectivity index (χ4n) is 2.89. The lowest BCUT2D eigenvalue weighted by Crippen LogP contribution is -2.17. The first-order chi connectivity index (χ1) is 12.5. The molecule has 26 heavy (non-hydrogen) atoms. The van der Waals surface area contributed by atoms with Gasteiger partial charge in [0, 0.05) is 33.2 Å². The number of para-hydroxylation sites is 1. The van der Waals surface area contributed by atoms with Gasteiger partial charge in [0.25, 0.3) is 5.91 Å². The average molecular weight is 412 g/mol. The van der Waals surface area contributed by atoms with Gasteiger partial charge in [-0.25, -0.2) is 5.43 Å². The summed E-state index contributed by atoms with van der Waals surface area (Å²) in [6, 6.07) is 12.7. The number of benzene rings is 2. The van der Waals surface area contributed by atoms with E-state index in [0.717, 1.165) is 22.2 Å². The summed E-state index contributed by atoms with van der Waals surface area (Å²) >= 11 is 3.28. The number of nitrogens with one attached hydrogen (secondary N) is 1. The predicted molar refractivity (Wildman–Crippen MR) is 108 cm³/mol. The number of carbonyl (C=O) groups excluding carboxylic acids is 1. The lowest BCUT2D eigenvalue weighted by molar-refractivity contribution is 0.0952. The van der Waals surface area contributed by atoms with Gasteiger partial charge in [0.15, 0.2) is 0 Å². The first-order valence-electron chi connectivity index (χ1n) is 8.03. The van der Waals surface area contributed by atoms with Crippen molar-refractivity contribution in [3.8, 4) is 5.75 Å². The Morgan fingerprint density at radius 3 is 2.88 bits per heavy atom. The van der Waals surface area contributed by atoms with Crippen molar-refractivity contribution in [1.82, 2.24) is 9.99 Å². The van der Waals surface area contributed by atoms with Gasteiger partial charge in [-0.3, -0.25) is 4.79 Å². The molecule has 0 bridgehead atoms. The van der Waals surface area contributed by atoms with Crippen molar-refractivity contribution in [2.24, 2.45) is 5.10 Å². The Morgan fingerprint density at radius 1 is 1.35 bits per heavy atom. The molecule has 132 valence electrons. The Kier molecular flexibility index (Phi) is 5.23. The molecule has 3 aromatic rings. The second kappa shape index (κ2) is 7.58. The van der Waals surface area contributed by atoms with Crippen LogP contribution in [0.5, 0.6) is 5.75 Å². The molecule has 0 radical (unpaired) electrons. The molecule has 0 saturated carbocycles. The molecule has 0 unspecified atom stereocenters. The SMILES string of the molecule is C=CCn1c(C)c(/C=N\NC(=O)c2cc(Br)ccc2O)c2ccccc21. The van der Waals surface area contributed by atoms with Crippen LogP contribution in [-0.2, 0) is 6.54 Å². The maximum absolute atomic E-state index is 12.2. The second-order valence-corrected chi connectivity index (χ2v) is 6.69. The Labute approximate surface area is 159 Å². The number of hydrogen-bond donors (Lipinski definition) is 2. The molecule has 1 amide bonds. The normalized spacial score (nSPS) is 11.2. The highest BCUT2D eigenvalue weighted by Gasteiger charge is 2.13. The second-order valence-electron chi connectivity index (χ2n) is 5.78. The zero-order valence-electron chi connectivity index (χ0n) is 14.2. The van der Waals surface area contributed by atoms with Gasteiger partial charge in [-0.15, -0.1) is 6.58 Å². The number of phenolic OH excluding ortho intramolecular Hbond substituents is 1. The molecule has 1 aromatic heterocycles. The monoisotopic (exact) mass is 411 g/mol. The van der Waals surface area contributed by atoms with E-state index >= 15 is 0 Å². The summed E-state index contributed by atoms with van der Waals surface area (Å²) < 4.78 is 2.85. The Bertz CT molecular complexity index is 1020. The largest absolute Gasteiger partial charge is 0.507 e. The van der Waals surface area contributed by atoms with Gasteiger partial charge in [0.2, 0.25) is 0 Å². The number of nitrogens with zero attached hydrogens (tertiary/aromatic N) is 2. The van der Waals surface area contributed by atoms with E-state index in [-0.39, 0.29) is 11.3 Å². The van der Waals surface area contributed by atoms with Gasteiger partial charge in [0.1, 0.15) is 5.75 Å². The lowest BCUT2D eigenvalue weighted by Gasteiger charge is -2.04. The van der Waals surface area contributed by atoms with Gasteiger partial charge < -0.3 is 9.67 Å². The molecular formula is C20H18BrN3O2. The number of rotatable bonds is 5. The number of phenols is 1. The van der Waals surface area contributed by atoms with Gasteiger partial charge in [0.05, 0.1) is 11.8 Å². The molecule has 0 aliphatic rings. The zero-order valence-corrected chi connectivity index (χ0v) is 15.8. The number of carbonyl (C=O) groups is 1. The minimum absolute atomic E-state index is 0.0975. The van der Waals surface area contributed by atoms with Crippen molar-refractivity contribution in [1.29, 1.82) is 0 Å². The number of allylic oxidation sites excluding steroid dienone is 1. The summed E-state index contributed by atoms with van der Waals surface area (Å²) in [7, 11) is 0. The third-order valence-electron chi connectivity index (χ3n) is 4.15. The van der Waals surface area contributed by atoms with E-state index in [0.29, 0.717) is 11.0 Å². The van der Waals surface area contributed by atoms with E-state index in [1.165, 1.54) is 6.07 Å². The van der Waals surface area contributed by atoms with Crippen molar-refractivity contribution in [2.45, 2.75) is 13.5 Å². The quantitative estimate of drug-likeness (QED) is 0.371. The van der Waals surface area contributed by atoms with Crippen LogP contribution < -0.4 is 5.43 Å². The molecule has 0 atom stereocenters. The van der Waals surface area contributed by atoms with Crippen LogP contribution in [0.2, 0.25) is 0 Å². The first kappa shape index (κ1) is 17.9. The molecule has 0 aliphatic heterocycles. The molecule has 2 aromatic carbocycles. The van der Waals surface area contributed by atoms with E-state index in [1.807, 2.05) is 37.3 Å². The van der Waals surface area contributed by atoms with Crippen LogP contribution in [0.4, 0.5) is 0 Å². The number of halogens is 1. The van der Waals surface area contributed by atoms with Crippen LogP contribution in [0.3, 0.4) is 0 Å². The highest BCUT2D eigenvalue weighted by atomic mass is 79.9.